The lowest BCUT2D eigenvalue weighted by Crippen LogP contribution is -2.24. The lowest BCUT2D eigenvalue weighted by molar-refractivity contribution is -0.119. The number of hydrogen-bond donors (Lipinski definition) is 2. The van der Waals surface area contributed by atoms with Gasteiger partial charge in [0.25, 0.3) is 5.91 Å². The van der Waals surface area contributed by atoms with Crippen molar-refractivity contribution in [2.75, 3.05) is 12.4 Å². The molecule has 0 aliphatic rings. The van der Waals surface area contributed by atoms with Gasteiger partial charge in [-0.1, -0.05) is 6.07 Å². The molecule has 20 heavy (non-hydrogen) atoms. The molecule has 1 atom stereocenters. The third kappa shape index (κ3) is 3.03. The van der Waals surface area contributed by atoms with Gasteiger partial charge in [-0.05, 0) is 31.2 Å². The number of carbonyl (C=O) groups is 2. The van der Waals surface area contributed by atoms with Crippen molar-refractivity contribution in [3.63, 3.8) is 0 Å². The lowest BCUT2D eigenvalue weighted by atomic mass is 10.2. The molecule has 104 valence electrons. The van der Waals surface area contributed by atoms with Gasteiger partial charge >= 0.3 is 0 Å². The average Bonchev–Trinajstić information content (AvgIpc) is 3.00. The van der Waals surface area contributed by atoms with Gasteiger partial charge in [-0.3, -0.25) is 14.3 Å². The predicted molar refractivity (Wildman–Crippen MR) is 75.4 cm³/mol. The van der Waals surface area contributed by atoms with Crippen LogP contribution in [-0.2, 0) is 4.79 Å². The number of nitrogens with zero attached hydrogens (tertiary/aromatic N) is 2. The van der Waals surface area contributed by atoms with E-state index >= 15 is 0 Å². The number of aromatic nitrogens is 2. The lowest BCUT2D eigenvalue weighted by Gasteiger charge is -2.13. The van der Waals surface area contributed by atoms with E-state index in [9.17, 15) is 9.59 Å². The SMILES string of the molecule is CNC(=O)c1cccc(NC(=O)C(C)n2cccn2)c1. The largest absolute Gasteiger partial charge is 0.355 e. The minimum absolute atomic E-state index is 0.192. The molecule has 0 bridgehead atoms. The molecule has 2 N–H and O–H groups in total. The Balaban J connectivity index is 2.10. The summed E-state index contributed by atoms with van der Waals surface area (Å²) in [7, 11) is 1.56. The first-order valence-electron chi connectivity index (χ1n) is 6.24. The van der Waals surface area contributed by atoms with Crippen molar-refractivity contribution in [3.05, 3.63) is 48.3 Å². The highest BCUT2D eigenvalue weighted by molar-refractivity contribution is 5.97. The zero-order valence-electron chi connectivity index (χ0n) is 11.3. The van der Waals surface area contributed by atoms with Crippen LogP contribution >= 0.6 is 0 Å². The Labute approximate surface area is 116 Å². The second-order valence-corrected chi connectivity index (χ2v) is 4.31. The molecule has 1 unspecified atom stereocenters. The summed E-state index contributed by atoms with van der Waals surface area (Å²) >= 11 is 0. The molecule has 6 heteroatoms. The molecule has 2 aromatic rings. The highest BCUT2D eigenvalue weighted by Crippen LogP contribution is 2.13. The zero-order valence-corrected chi connectivity index (χ0v) is 11.3. The Kier molecular flexibility index (Phi) is 4.14. The van der Waals surface area contributed by atoms with Crippen molar-refractivity contribution >= 4 is 17.5 Å². The Morgan fingerprint density at radius 3 is 2.75 bits per heavy atom. The molecule has 2 rings (SSSR count). The number of nitrogens with one attached hydrogen (secondary N) is 2. The van der Waals surface area contributed by atoms with Crippen LogP contribution in [0.4, 0.5) is 5.69 Å². The first-order chi connectivity index (χ1) is 9.61. The highest BCUT2D eigenvalue weighted by atomic mass is 16.2. The molecular weight excluding hydrogens is 256 g/mol. The molecule has 0 fully saturated rings. The molecule has 0 saturated carbocycles. The molecule has 1 aromatic carbocycles. The molecule has 2 amide bonds. The van der Waals surface area contributed by atoms with Crippen LogP contribution < -0.4 is 10.6 Å². The summed E-state index contributed by atoms with van der Waals surface area (Å²) in [5, 5.41) is 9.34. The molecule has 6 nitrogen and oxygen atoms in total. The maximum atomic E-state index is 12.1. The van der Waals surface area contributed by atoms with Crippen LogP contribution in [0.1, 0.15) is 23.3 Å². The smallest absolute Gasteiger partial charge is 0.251 e. The van der Waals surface area contributed by atoms with Crippen LogP contribution in [0.25, 0.3) is 0 Å². The Bertz CT molecular complexity index is 607. The maximum Gasteiger partial charge on any atom is 0.251 e. The van der Waals surface area contributed by atoms with Crippen LogP contribution in [-0.4, -0.2) is 28.6 Å². The number of amides is 2. The predicted octanol–water partition coefficient (Wildman–Crippen LogP) is 1.44. The summed E-state index contributed by atoms with van der Waals surface area (Å²) in [6.07, 6.45) is 3.35. The number of benzene rings is 1. The zero-order chi connectivity index (χ0) is 14.5. The first-order valence-corrected chi connectivity index (χ1v) is 6.24. The third-order valence-electron chi connectivity index (χ3n) is 2.92. The van der Waals surface area contributed by atoms with E-state index < -0.39 is 6.04 Å². The number of anilines is 1. The summed E-state index contributed by atoms with van der Waals surface area (Å²) < 4.78 is 1.57. The van der Waals surface area contributed by atoms with E-state index in [1.807, 2.05) is 0 Å². The van der Waals surface area contributed by atoms with E-state index in [0.29, 0.717) is 11.3 Å². The summed E-state index contributed by atoms with van der Waals surface area (Å²) in [6, 6.07) is 8.11. The number of carbonyl (C=O) groups excluding carboxylic acids is 2. The van der Waals surface area contributed by atoms with Crippen LogP contribution in [0.15, 0.2) is 42.7 Å². The van der Waals surface area contributed by atoms with Crippen molar-refractivity contribution < 1.29 is 9.59 Å². The van der Waals surface area contributed by atoms with Gasteiger partial charge in [0.15, 0.2) is 0 Å². The molecule has 0 saturated heterocycles. The fourth-order valence-electron chi connectivity index (χ4n) is 1.76. The maximum absolute atomic E-state index is 12.1. The number of hydrogen-bond acceptors (Lipinski definition) is 3. The van der Waals surface area contributed by atoms with E-state index in [0.717, 1.165) is 0 Å². The molecule has 0 aliphatic heterocycles. The molecular formula is C14H16N4O2. The minimum atomic E-state index is -0.423. The van der Waals surface area contributed by atoms with Crippen molar-refractivity contribution in [1.29, 1.82) is 0 Å². The van der Waals surface area contributed by atoms with Crippen LogP contribution in [0, 0.1) is 0 Å². The van der Waals surface area contributed by atoms with E-state index in [1.54, 1.807) is 61.4 Å². The van der Waals surface area contributed by atoms with E-state index in [1.165, 1.54) is 0 Å². The quantitative estimate of drug-likeness (QED) is 0.884. The number of rotatable bonds is 4. The molecule has 0 aliphatic carbocycles. The summed E-state index contributed by atoms with van der Waals surface area (Å²) in [4.78, 5) is 23.6. The van der Waals surface area contributed by atoms with Crippen LogP contribution in [0.3, 0.4) is 0 Å². The van der Waals surface area contributed by atoms with Crippen LogP contribution in [0.2, 0.25) is 0 Å². The second-order valence-electron chi connectivity index (χ2n) is 4.31. The van der Waals surface area contributed by atoms with Gasteiger partial charge < -0.3 is 10.6 Å². The minimum Gasteiger partial charge on any atom is -0.355 e. The van der Waals surface area contributed by atoms with Gasteiger partial charge in [-0.25, -0.2) is 0 Å². The molecule has 0 spiro atoms. The fourth-order valence-corrected chi connectivity index (χ4v) is 1.76. The van der Waals surface area contributed by atoms with Gasteiger partial charge in [0.1, 0.15) is 6.04 Å². The third-order valence-corrected chi connectivity index (χ3v) is 2.92. The Morgan fingerprint density at radius 1 is 1.30 bits per heavy atom. The van der Waals surface area contributed by atoms with Gasteiger partial charge in [0.2, 0.25) is 5.91 Å². The molecule has 1 aromatic heterocycles. The summed E-state index contributed by atoms with van der Waals surface area (Å²) in [5.41, 5.74) is 1.08. The monoisotopic (exact) mass is 272 g/mol. The van der Waals surface area contributed by atoms with Gasteiger partial charge in [0, 0.05) is 30.7 Å². The topological polar surface area (TPSA) is 76.0 Å². The van der Waals surface area contributed by atoms with E-state index in [2.05, 4.69) is 15.7 Å². The van der Waals surface area contributed by atoms with E-state index in [4.69, 9.17) is 0 Å². The Morgan fingerprint density at radius 2 is 2.10 bits per heavy atom. The van der Waals surface area contributed by atoms with Crippen molar-refractivity contribution in [2.45, 2.75) is 13.0 Å². The summed E-state index contributed by atoms with van der Waals surface area (Å²) in [5.74, 6) is -0.385. The molecule has 0 radical (unpaired) electrons. The normalized spacial score (nSPS) is 11.7. The molecule has 1 heterocycles. The second kappa shape index (κ2) is 6.01. The fraction of sp³-hybridized carbons (Fsp3) is 0.214. The Hall–Kier alpha value is -2.63. The van der Waals surface area contributed by atoms with Crippen LogP contribution in [0.5, 0.6) is 0 Å². The van der Waals surface area contributed by atoms with Gasteiger partial charge in [-0.15, -0.1) is 0 Å². The first kappa shape index (κ1) is 13.8. The standard InChI is InChI=1S/C14H16N4O2/c1-10(18-8-4-7-16-18)13(19)17-12-6-3-5-11(9-12)14(20)15-2/h3-10H,1-2H3,(H,15,20)(H,17,19). The summed E-state index contributed by atoms with van der Waals surface area (Å²) in [6.45, 7) is 1.75. The van der Waals surface area contributed by atoms with Gasteiger partial charge in [-0.2, -0.15) is 5.10 Å². The highest BCUT2D eigenvalue weighted by Gasteiger charge is 2.15. The average molecular weight is 272 g/mol. The van der Waals surface area contributed by atoms with Crippen molar-refractivity contribution in [1.82, 2.24) is 15.1 Å². The van der Waals surface area contributed by atoms with Crippen molar-refractivity contribution in [3.8, 4) is 0 Å². The van der Waals surface area contributed by atoms with Crippen molar-refractivity contribution in [2.24, 2.45) is 0 Å². The van der Waals surface area contributed by atoms with Gasteiger partial charge in [0.05, 0.1) is 0 Å². The van der Waals surface area contributed by atoms with E-state index in [-0.39, 0.29) is 11.8 Å².